The van der Waals surface area contributed by atoms with Crippen LogP contribution in [0, 0.1) is 0 Å². The summed E-state index contributed by atoms with van der Waals surface area (Å²) in [5.74, 6) is 0.833. The Hall–Kier alpha value is -2.16. The van der Waals surface area contributed by atoms with Gasteiger partial charge in [-0.1, -0.05) is 18.2 Å². The van der Waals surface area contributed by atoms with Gasteiger partial charge in [-0.2, -0.15) is 0 Å². The Balaban J connectivity index is 1.97. The third-order valence-corrected chi connectivity index (χ3v) is 3.48. The molecular weight excluding hydrogens is 248 g/mol. The van der Waals surface area contributed by atoms with E-state index in [0.29, 0.717) is 0 Å². The van der Waals surface area contributed by atoms with Gasteiger partial charge in [0.1, 0.15) is 5.75 Å². The Kier molecular flexibility index (Phi) is 3.26. The van der Waals surface area contributed by atoms with Gasteiger partial charge in [-0.15, -0.1) is 0 Å². The second-order valence-electron chi connectivity index (χ2n) is 5.46. The van der Waals surface area contributed by atoms with Gasteiger partial charge in [-0.05, 0) is 38.0 Å². The van der Waals surface area contributed by atoms with Gasteiger partial charge >= 0.3 is 0 Å². The van der Waals surface area contributed by atoms with Crippen LogP contribution in [0.3, 0.4) is 0 Å². The van der Waals surface area contributed by atoms with E-state index in [1.54, 1.807) is 0 Å². The van der Waals surface area contributed by atoms with Crippen LogP contribution in [0.5, 0.6) is 5.75 Å². The van der Waals surface area contributed by atoms with Crippen LogP contribution >= 0.6 is 0 Å². The third-order valence-electron chi connectivity index (χ3n) is 3.48. The molecule has 2 N–H and O–H groups in total. The van der Waals surface area contributed by atoms with Crippen molar-refractivity contribution in [3.8, 4) is 5.75 Å². The van der Waals surface area contributed by atoms with Gasteiger partial charge in [0.15, 0.2) is 0 Å². The molecule has 0 aliphatic carbocycles. The number of nitrogens with zero attached hydrogens (tertiary/aromatic N) is 1. The first-order chi connectivity index (χ1) is 9.63. The molecule has 3 heteroatoms. The van der Waals surface area contributed by atoms with E-state index in [1.807, 2.05) is 26.0 Å². The van der Waals surface area contributed by atoms with E-state index in [0.717, 1.165) is 30.1 Å². The molecule has 2 aromatic carbocycles. The van der Waals surface area contributed by atoms with Crippen LogP contribution in [0.1, 0.15) is 19.4 Å². The summed E-state index contributed by atoms with van der Waals surface area (Å²) in [6, 6.07) is 14.5. The van der Waals surface area contributed by atoms with Crippen LogP contribution in [0.4, 0.5) is 17.1 Å². The van der Waals surface area contributed by atoms with Crippen LogP contribution in [-0.4, -0.2) is 12.6 Å². The molecule has 3 nitrogen and oxygen atoms in total. The number of benzene rings is 2. The van der Waals surface area contributed by atoms with Crippen molar-refractivity contribution in [2.75, 3.05) is 17.2 Å². The van der Waals surface area contributed by atoms with Crippen molar-refractivity contribution < 1.29 is 4.74 Å². The number of hydrogen-bond donors (Lipinski definition) is 1. The van der Waals surface area contributed by atoms with E-state index in [9.17, 15) is 0 Å². The van der Waals surface area contributed by atoms with Gasteiger partial charge in [-0.25, -0.2) is 0 Å². The van der Waals surface area contributed by atoms with Crippen molar-refractivity contribution in [3.63, 3.8) is 0 Å². The molecule has 0 saturated carbocycles. The molecule has 0 radical (unpaired) electrons. The van der Waals surface area contributed by atoms with Crippen molar-refractivity contribution in [1.82, 2.24) is 0 Å². The van der Waals surface area contributed by atoms with E-state index in [4.69, 9.17) is 10.5 Å². The molecule has 1 aliphatic rings. The number of nitrogens with two attached hydrogens (primary N) is 1. The lowest BCUT2D eigenvalue weighted by atomic mass is 10.2. The smallest absolute Gasteiger partial charge is 0.123 e. The van der Waals surface area contributed by atoms with E-state index in [1.165, 1.54) is 11.3 Å². The molecule has 0 unspecified atom stereocenters. The van der Waals surface area contributed by atoms with Crippen molar-refractivity contribution in [1.29, 1.82) is 0 Å². The molecule has 104 valence electrons. The Bertz CT molecular complexity index is 622. The normalized spacial score (nSPS) is 13.7. The van der Waals surface area contributed by atoms with E-state index in [2.05, 4.69) is 35.2 Å². The summed E-state index contributed by atoms with van der Waals surface area (Å²) in [6.07, 6.45) is 1.22. The van der Waals surface area contributed by atoms with Crippen LogP contribution in [0.15, 0.2) is 42.5 Å². The topological polar surface area (TPSA) is 38.5 Å². The largest absolute Gasteiger partial charge is 0.491 e. The summed E-state index contributed by atoms with van der Waals surface area (Å²) in [4.78, 5) is 2.30. The molecule has 1 aliphatic heterocycles. The lowest BCUT2D eigenvalue weighted by Gasteiger charge is -2.21. The zero-order valence-electron chi connectivity index (χ0n) is 12.0. The number of nitrogen functional groups attached to an aromatic ring is 1. The van der Waals surface area contributed by atoms with Gasteiger partial charge in [0, 0.05) is 35.7 Å². The fourth-order valence-corrected chi connectivity index (χ4v) is 2.71. The standard InChI is InChI=1S/C17H20N2O/c1-12(2)20-16-10-14(18)9-15(11-16)19-8-7-13-5-3-4-6-17(13)19/h3-6,9-12H,7-8,18H2,1-2H3. The number of hydrogen-bond acceptors (Lipinski definition) is 3. The molecule has 1 heterocycles. The average molecular weight is 268 g/mol. The minimum Gasteiger partial charge on any atom is -0.491 e. The predicted octanol–water partition coefficient (Wildman–Crippen LogP) is 3.75. The number of fused-ring (bicyclic) bond motifs is 1. The molecule has 2 aromatic rings. The predicted molar refractivity (Wildman–Crippen MR) is 83.8 cm³/mol. The summed E-state index contributed by atoms with van der Waals surface area (Å²) in [6.45, 7) is 5.03. The van der Waals surface area contributed by atoms with Crippen molar-refractivity contribution in [2.45, 2.75) is 26.4 Å². The lowest BCUT2D eigenvalue weighted by molar-refractivity contribution is 0.242. The van der Waals surface area contributed by atoms with E-state index < -0.39 is 0 Å². The van der Waals surface area contributed by atoms with Crippen molar-refractivity contribution >= 4 is 17.1 Å². The highest BCUT2D eigenvalue weighted by Gasteiger charge is 2.20. The highest BCUT2D eigenvalue weighted by Crippen LogP contribution is 2.36. The summed E-state index contributed by atoms with van der Waals surface area (Å²) < 4.78 is 5.78. The summed E-state index contributed by atoms with van der Waals surface area (Å²) in [7, 11) is 0. The fraction of sp³-hybridized carbons (Fsp3) is 0.294. The highest BCUT2D eigenvalue weighted by molar-refractivity contribution is 5.73. The molecule has 0 saturated heterocycles. The summed E-state index contributed by atoms with van der Waals surface area (Å²) in [5.41, 5.74) is 10.5. The van der Waals surface area contributed by atoms with Gasteiger partial charge in [0.25, 0.3) is 0 Å². The zero-order chi connectivity index (χ0) is 14.1. The fourth-order valence-electron chi connectivity index (χ4n) is 2.71. The molecule has 0 spiro atoms. The minimum atomic E-state index is 0.149. The first kappa shape index (κ1) is 12.9. The van der Waals surface area contributed by atoms with E-state index >= 15 is 0 Å². The molecule has 0 amide bonds. The Labute approximate surface area is 120 Å². The maximum atomic E-state index is 6.02. The van der Waals surface area contributed by atoms with Crippen LogP contribution in [0.25, 0.3) is 0 Å². The van der Waals surface area contributed by atoms with E-state index in [-0.39, 0.29) is 6.10 Å². The number of ether oxygens (including phenoxy) is 1. The Morgan fingerprint density at radius 2 is 1.95 bits per heavy atom. The van der Waals surface area contributed by atoms with Gasteiger partial charge in [0.2, 0.25) is 0 Å². The van der Waals surface area contributed by atoms with Crippen LogP contribution < -0.4 is 15.4 Å². The monoisotopic (exact) mass is 268 g/mol. The minimum absolute atomic E-state index is 0.149. The van der Waals surface area contributed by atoms with Crippen molar-refractivity contribution in [2.24, 2.45) is 0 Å². The number of rotatable bonds is 3. The number of anilines is 3. The van der Waals surface area contributed by atoms with Gasteiger partial charge < -0.3 is 15.4 Å². The third kappa shape index (κ3) is 2.44. The Morgan fingerprint density at radius 3 is 2.75 bits per heavy atom. The van der Waals surface area contributed by atoms with Crippen LogP contribution in [-0.2, 0) is 6.42 Å². The molecule has 0 fully saturated rings. The second-order valence-corrected chi connectivity index (χ2v) is 5.46. The SMILES string of the molecule is CC(C)Oc1cc(N)cc(N2CCc3ccccc32)c1. The highest BCUT2D eigenvalue weighted by atomic mass is 16.5. The molecule has 20 heavy (non-hydrogen) atoms. The van der Waals surface area contributed by atoms with Gasteiger partial charge in [-0.3, -0.25) is 0 Å². The van der Waals surface area contributed by atoms with Crippen molar-refractivity contribution in [3.05, 3.63) is 48.0 Å². The number of para-hydroxylation sites is 1. The first-order valence-electron chi connectivity index (χ1n) is 7.06. The second kappa shape index (κ2) is 5.08. The van der Waals surface area contributed by atoms with Gasteiger partial charge in [0.05, 0.1) is 6.10 Å². The lowest BCUT2D eigenvalue weighted by Crippen LogP contribution is -2.14. The first-order valence-corrected chi connectivity index (χ1v) is 7.06. The molecular formula is C17H20N2O. The van der Waals surface area contributed by atoms with Crippen LogP contribution in [0.2, 0.25) is 0 Å². The molecule has 0 aromatic heterocycles. The zero-order valence-corrected chi connectivity index (χ0v) is 12.0. The summed E-state index contributed by atoms with van der Waals surface area (Å²) >= 11 is 0. The average Bonchev–Trinajstić information content (AvgIpc) is 2.80. The maximum absolute atomic E-state index is 6.02. The summed E-state index contributed by atoms with van der Waals surface area (Å²) in [5, 5.41) is 0. The maximum Gasteiger partial charge on any atom is 0.123 e. The molecule has 0 bridgehead atoms. The molecule has 0 atom stereocenters. The quantitative estimate of drug-likeness (QED) is 0.862. The Morgan fingerprint density at radius 1 is 1.15 bits per heavy atom. The molecule has 3 rings (SSSR count).